The molecule has 1 saturated heterocycles. The summed E-state index contributed by atoms with van der Waals surface area (Å²) in [5, 5.41) is 14.1. The lowest BCUT2D eigenvalue weighted by Gasteiger charge is -2.41. The Morgan fingerprint density at radius 3 is 2.64 bits per heavy atom. The minimum atomic E-state index is -0.695. The summed E-state index contributed by atoms with van der Waals surface area (Å²) in [5.74, 6) is 0.0420. The molecule has 1 aliphatic heterocycles. The number of hydrogen-bond acceptors (Lipinski definition) is 10. The predicted molar refractivity (Wildman–Crippen MR) is 141 cm³/mol. The van der Waals surface area contributed by atoms with Gasteiger partial charge in [-0.15, -0.1) is 0 Å². The molecule has 4 rings (SSSR count). The number of carbonyl (C=O) groups is 2. The van der Waals surface area contributed by atoms with Crippen LogP contribution in [0, 0.1) is 12.8 Å². The number of nitrogens with zero attached hydrogens (tertiary/aromatic N) is 5. The zero-order chi connectivity index (χ0) is 25.8. The molecule has 1 aliphatic rings. The third-order valence-electron chi connectivity index (χ3n) is 6.42. The van der Waals surface area contributed by atoms with Crippen molar-refractivity contribution in [2.45, 2.75) is 32.2 Å². The molecule has 10 nitrogen and oxygen atoms in total. The normalized spacial score (nSPS) is 17.6. The van der Waals surface area contributed by atoms with Crippen LogP contribution in [0.5, 0.6) is 0 Å². The number of anilines is 4. The van der Waals surface area contributed by atoms with E-state index in [9.17, 15) is 14.7 Å². The SMILES string of the molecule is Cc1cc(Nc2nc(N3CCC[C@H](CC(=O)c4ccc(N(C)C)cc4)[C@H]3CO)cnc2C(N)=O)sn1. The number of rotatable bonds is 9. The number of amides is 1. The molecule has 3 aromatic rings. The average molecular weight is 510 g/mol. The summed E-state index contributed by atoms with van der Waals surface area (Å²) in [6.45, 7) is 2.39. The number of nitrogens with two attached hydrogens (primary N) is 1. The number of hydrogen-bond donors (Lipinski definition) is 3. The number of aryl methyl sites for hydroxylation is 1. The second-order valence-corrected chi connectivity index (χ2v) is 9.97. The molecule has 190 valence electrons. The van der Waals surface area contributed by atoms with Crippen molar-refractivity contribution in [1.29, 1.82) is 0 Å². The number of aliphatic hydroxyl groups excluding tert-OH is 1. The first-order valence-electron chi connectivity index (χ1n) is 11.8. The van der Waals surface area contributed by atoms with E-state index in [1.165, 1.54) is 17.7 Å². The Hall–Kier alpha value is -3.57. The van der Waals surface area contributed by atoms with E-state index in [4.69, 9.17) is 5.73 Å². The van der Waals surface area contributed by atoms with Crippen molar-refractivity contribution in [1.82, 2.24) is 14.3 Å². The Labute approximate surface area is 214 Å². The summed E-state index contributed by atoms with van der Waals surface area (Å²) in [7, 11) is 3.91. The van der Waals surface area contributed by atoms with Crippen LogP contribution in [-0.4, -0.2) is 64.4 Å². The maximum Gasteiger partial charge on any atom is 0.271 e. The first kappa shape index (κ1) is 25.5. The van der Waals surface area contributed by atoms with Crippen LogP contribution in [0.15, 0.2) is 36.5 Å². The van der Waals surface area contributed by atoms with E-state index in [2.05, 4.69) is 19.7 Å². The number of carbonyl (C=O) groups excluding carboxylic acids is 2. The number of aliphatic hydroxyl groups is 1. The van der Waals surface area contributed by atoms with Crippen LogP contribution in [0.2, 0.25) is 0 Å². The predicted octanol–water partition coefficient (Wildman–Crippen LogP) is 3.00. The number of aromatic nitrogens is 3. The lowest BCUT2D eigenvalue weighted by Crippen LogP contribution is -2.48. The number of Topliss-reactive ketones (excluding diaryl/α,β-unsaturated/α-hetero) is 1. The molecule has 2 aromatic heterocycles. The molecule has 2 atom stereocenters. The number of benzene rings is 1. The van der Waals surface area contributed by atoms with E-state index in [1.807, 2.05) is 61.2 Å². The molecular weight excluding hydrogens is 478 g/mol. The van der Waals surface area contributed by atoms with E-state index < -0.39 is 5.91 Å². The van der Waals surface area contributed by atoms with E-state index in [0.29, 0.717) is 29.3 Å². The van der Waals surface area contributed by atoms with Gasteiger partial charge < -0.3 is 26.0 Å². The Balaban J connectivity index is 1.55. The summed E-state index contributed by atoms with van der Waals surface area (Å²) in [6, 6.07) is 9.08. The van der Waals surface area contributed by atoms with Crippen LogP contribution in [0.1, 0.15) is 45.8 Å². The van der Waals surface area contributed by atoms with Gasteiger partial charge in [0, 0.05) is 38.3 Å². The quantitative estimate of drug-likeness (QED) is 0.372. The molecule has 3 heterocycles. The van der Waals surface area contributed by atoms with Gasteiger partial charge in [-0.25, -0.2) is 9.97 Å². The molecule has 36 heavy (non-hydrogen) atoms. The van der Waals surface area contributed by atoms with Crippen molar-refractivity contribution in [3.05, 3.63) is 53.5 Å². The zero-order valence-corrected chi connectivity index (χ0v) is 21.5. The first-order valence-corrected chi connectivity index (χ1v) is 12.6. The Morgan fingerprint density at radius 1 is 1.28 bits per heavy atom. The lowest BCUT2D eigenvalue weighted by atomic mass is 9.84. The summed E-state index contributed by atoms with van der Waals surface area (Å²) in [5.41, 5.74) is 8.08. The monoisotopic (exact) mass is 509 g/mol. The molecule has 0 spiro atoms. The summed E-state index contributed by atoms with van der Waals surface area (Å²) in [6.07, 6.45) is 3.47. The number of piperidine rings is 1. The average Bonchev–Trinajstić information content (AvgIpc) is 3.28. The molecule has 1 fully saturated rings. The van der Waals surface area contributed by atoms with Crippen LogP contribution in [0.4, 0.5) is 22.3 Å². The molecule has 4 N–H and O–H groups in total. The van der Waals surface area contributed by atoms with Crippen LogP contribution < -0.4 is 20.9 Å². The van der Waals surface area contributed by atoms with Gasteiger partial charge in [0.25, 0.3) is 5.91 Å². The Bertz CT molecular complexity index is 1230. The molecule has 11 heteroatoms. The largest absolute Gasteiger partial charge is 0.394 e. The minimum Gasteiger partial charge on any atom is -0.394 e. The van der Waals surface area contributed by atoms with Gasteiger partial charge in [0.15, 0.2) is 17.3 Å². The third kappa shape index (κ3) is 5.63. The highest BCUT2D eigenvalue weighted by Crippen LogP contribution is 2.32. The molecule has 0 aliphatic carbocycles. The standard InChI is InChI=1S/C25H31N7O3S/c1-15-11-22(36-30-15)29-25-23(24(26)35)27-13-21(28-25)32-10-4-5-17(19(32)14-33)12-20(34)16-6-8-18(9-7-16)31(2)3/h6-9,11,13,17,19,33H,4-5,10,12,14H2,1-3H3,(H2,26,35)(H,28,29)/t17-,19-/m1/s1. The molecule has 0 bridgehead atoms. The Morgan fingerprint density at radius 2 is 2.03 bits per heavy atom. The fraction of sp³-hybridized carbons (Fsp3) is 0.400. The van der Waals surface area contributed by atoms with Crippen LogP contribution in [0.25, 0.3) is 0 Å². The van der Waals surface area contributed by atoms with Crippen molar-refractivity contribution in [2.24, 2.45) is 11.7 Å². The fourth-order valence-corrected chi connectivity index (χ4v) is 5.19. The highest BCUT2D eigenvalue weighted by atomic mass is 32.1. The van der Waals surface area contributed by atoms with Crippen LogP contribution in [0.3, 0.4) is 0 Å². The summed E-state index contributed by atoms with van der Waals surface area (Å²) in [4.78, 5) is 37.9. The van der Waals surface area contributed by atoms with E-state index >= 15 is 0 Å². The smallest absolute Gasteiger partial charge is 0.271 e. The maximum absolute atomic E-state index is 13.1. The Kier molecular flexibility index (Phi) is 7.80. The lowest BCUT2D eigenvalue weighted by molar-refractivity contribution is 0.0926. The molecule has 1 aromatic carbocycles. The van der Waals surface area contributed by atoms with Crippen LogP contribution in [-0.2, 0) is 0 Å². The van der Waals surface area contributed by atoms with E-state index in [1.54, 1.807) is 0 Å². The number of primary amides is 1. The molecular formula is C25H31N7O3S. The van der Waals surface area contributed by atoms with Gasteiger partial charge in [-0.3, -0.25) is 9.59 Å². The molecule has 0 saturated carbocycles. The van der Waals surface area contributed by atoms with Gasteiger partial charge in [-0.2, -0.15) is 4.37 Å². The number of nitrogens with one attached hydrogen (secondary N) is 1. The van der Waals surface area contributed by atoms with Crippen molar-refractivity contribution < 1.29 is 14.7 Å². The maximum atomic E-state index is 13.1. The topological polar surface area (TPSA) is 138 Å². The third-order valence-corrected chi connectivity index (χ3v) is 7.21. The minimum absolute atomic E-state index is 0.0234. The van der Waals surface area contributed by atoms with E-state index in [0.717, 1.165) is 24.2 Å². The van der Waals surface area contributed by atoms with Gasteiger partial charge in [-0.1, -0.05) is 0 Å². The molecule has 1 amide bonds. The summed E-state index contributed by atoms with van der Waals surface area (Å²) < 4.78 is 4.24. The second-order valence-electron chi connectivity index (χ2n) is 9.16. The van der Waals surface area contributed by atoms with Gasteiger partial charge in [0.05, 0.1) is 24.5 Å². The second kappa shape index (κ2) is 11.0. The van der Waals surface area contributed by atoms with Gasteiger partial charge >= 0.3 is 0 Å². The van der Waals surface area contributed by atoms with Gasteiger partial charge in [0.1, 0.15) is 10.8 Å². The van der Waals surface area contributed by atoms with Gasteiger partial charge in [0.2, 0.25) is 0 Å². The molecule has 0 radical (unpaired) electrons. The van der Waals surface area contributed by atoms with Crippen LogP contribution >= 0.6 is 11.5 Å². The van der Waals surface area contributed by atoms with Crippen molar-refractivity contribution in [3.63, 3.8) is 0 Å². The van der Waals surface area contributed by atoms with Crippen molar-refractivity contribution in [2.75, 3.05) is 42.4 Å². The molecule has 0 unspecified atom stereocenters. The summed E-state index contributed by atoms with van der Waals surface area (Å²) >= 11 is 1.24. The van der Waals surface area contributed by atoms with E-state index in [-0.39, 0.29) is 35.9 Å². The zero-order valence-electron chi connectivity index (χ0n) is 20.6. The highest BCUT2D eigenvalue weighted by Gasteiger charge is 2.34. The number of ketones is 1. The van der Waals surface area contributed by atoms with Crippen molar-refractivity contribution >= 4 is 45.5 Å². The fourth-order valence-electron chi connectivity index (χ4n) is 4.53. The highest BCUT2D eigenvalue weighted by molar-refractivity contribution is 7.10. The van der Waals surface area contributed by atoms with Crippen molar-refractivity contribution in [3.8, 4) is 0 Å². The van der Waals surface area contributed by atoms with Gasteiger partial charge in [-0.05, 0) is 67.5 Å². The first-order chi connectivity index (χ1) is 17.3.